The van der Waals surface area contributed by atoms with Crippen LogP contribution < -0.4 is 0 Å². The van der Waals surface area contributed by atoms with Gasteiger partial charge in [0.1, 0.15) is 0 Å². The van der Waals surface area contributed by atoms with E-state index in [9.17, 15) is 8.42 Å². The first kappa shape index (κ1) is 21.1. The van der Waals surface area contributed by atoms with E-state index in [1.807, 2.05) is 26.0 Å². The molecule has 26 heavy (non-hydrogen) atoms. The van der Waals surface area contributed by atoms with E-state index in [4.69, 9.17) is 4.98 Å². The molecule has 0 saturated carbocycles. The van der Waals surface area contributed by atoms with Gasteiger partial charge in [0, 0.05) is 30.0 Å². The van der Waals surface area contributed by atoms with Crippen molar-refractivity contribution in [3.63, 3.8) is 0 Å². The normalized spacial score (nSPS) is 13.5. The molecule has 1 unspecified atom stereocenters. The van der Waals surface area contributed by atoms with Gasteiger partial charge in [0.05, 0.1) is 15.6 Å². The summed E-state index contributed by atoms with van der Waals surface area (Å²) in [4.78, 5) is 5.11. The maximum atomic E-state index is 12.6. The minimum absolute atomic E-state index is 0.339. The Morgan fingerprint density at radius 2 is 1.65 bits per heavy atom. The van der Waals surface area contributed by atoms with Gasteiger partial charge in [-0.15, -0.1) is 11.3 Å². The second kappa shape index (κ2) is 9.11. The molecule has 0 fully saturated rings. The number of rotatable bonds is 9. The molecule has 0 aliphatic rings. The van der Waals surface area contributed by atoms with Gasteiger partial charge in [0.15, 0.2) is 0 Å². The molecular formula is C20H30N2O2S2. The third-order valence-corrected chi connectivity index (χ3v) is 7.75. The fourth-order valence-electron chi connectivity index (χ4n) is 2.86. The zero-order valence-corrected chi connectivity index (χ0v) is 18.0. The predicted molar refractivity (Wildman–Crippen MR) is 110 cm³/mol. The molecule has 0 aliphatic heterocycles. The fraction of sp³-hybridized carbons (Fsp3) is 0.550. The highest BCUT2D eigenvalue weighted by Crippen LogP contribution is 2.30. The van der Waals surface area contributed by atoms with Crippen LogP contribution in [-0.4, -0.2) is 30.8 Å². The molecule has 1 aromatic carbocycles. The van der Waals surface area contributed by atoms with Gasteiger partial charge in [-0.05, 0) is 24.5 Å². The first-order valence-corrected chi connectivity index (χ1v) is 11.7. The molecule has 1 heterocycles. The maximum absolute atomic E-state index is 12.6. The molecule has 2 rings (SSSR count). The summed E-state index contributed by atoms with van der Waals surface area (Å²) in [5.41, 5.74) is 1.88. The molecule has 0 N–H and O–H groups in total. The predicted octanol–water partition coefficient (Wildman–Crippen LogP) is 5.38. The van der Waals surface area contributed by atoms with Crippen LogP contribution in [0.4, 0.5) is 0 Å². The maximum Gasteiger partial charge on any atom is 0.243 e. The number of sulfonamides is 1. The highest BCUT2D eigenvalue weighted by molar-refractivity contribution is 7.89. The van der Waals surface area contributed by atoms with Crippen molar-refractivity contribution < 1.29 is 8.42 Å². The Morgan fingerprint density at radius 1 is 1.04 bits per heavy atom. The van der Waals surface area contributed by atoms with Gasteiger partial charge in [0.25, 0.3) is 0 Å². The number of hydrogen-bond donors (Lipinski definition) is 0. The summed E-state index contributed by atoms with van der Waals surface area (Å²) < 4.78 is 26.6. The Labute approximate surface area is 162 Å². The summed E-state index contributed by atoms with van der Waals surface area (Å²) in [5.74, 6) is 1.16. The monoisotopic (exact) mass is 394 g/mol. The van der Waals surface area contributed by atoms with E-state index < -0.39 is 10.0 Å². The molecule has 0 amide bonds. The van der Waals surface area contributed by atoms with E-state index >= 15 is 0 Å². The molecule has 0 bridgehead atoms. The summed E-state index contributed by atoms with van der Waals surface area (Å²) in [5, 5.41) is 3.22. The third kappa shape index (κ3) is 4.93. The summed E-state index contributed by atoms with van der Waals surface area (Å²) in [6.07, 6.45) is 2.35. The second-order valence-electron chi connectivity index (χ2n) is 7.06. The number of nitrogens with zero attached hydrogens (tertiary/aromatic N) is 2. The lowest BCUT2D eigenvalue weighted by Gasteiger charge is -2.18. The standard InChI is InChI=1S/C20H30N2O2S2/c1-6-22(7-2)26(23,24)18-12-10-17(11-13-18)19-14-25-20(21-19)16(5)9-8-15(3)4/h10-16H,6-9H2,1-5H3. The first-order chi connectivity index (χ1) is 12.3. The van der Waals surface area contributed by atoms with Crippen LogP contribution in [0.3, 0.4) is 0 Å². The molecule has 0 spiro atoms. The average molecular weight is 395 g/mol. The van der Waals surface area contributed by atoms with Crippen LogP contribution in [0.25, 0.3) is 11.3 Å². The molecule has 6 heteroatoms. The van der Waals surface area contributed by atoms with E-state index in [1.165, 1.54) is 10.7 Å². The lowest BCUT2D eigenvalue weighted by atomic mass is 10.00. The molecular weight excluding hydrogens is 364 g/mol. The molecule has 2 aromatic rings. The Bertz CT molecular complexity index is 791. The van der Waals surface area contributed by atoms with Gasteiger partial charge in [-0.2, -0.15) is 4.31 Å². The molecule has 1 aromatic heterocycles. The molecule has 1 atom stereocenters. The zero-order valence-electron chi connectivity index (χ0n) is 16.4. The van der Waals surface area contributed by atoms with Gasteiger partial charge in [-0.25, -0.2) is 13.4 Å². The number of thiazole rings is 1. The van der Waals surface area contributed by atoms with Crippen molar-refractivity contribution in [3.05, 3.63) is 34.7 Å². The topological polar surface area (TPSA) is 50.3 Å². The summed E-state index contributed by atoms with van der Waals surface area (Å²) >= 11 is 1.69. The molecule has 0 aliphatic carbocycles. The molecule has 0 saturated heterocycles. The van der Waals surface area contributed by atoms with Crippen LogP contribution in [0.1, 0.15) is 58.4 Å². The quantitative estimate of drug-likeness (QED) is 0.574. The van der Waals surface area contributed by atoms with Crippen molar-refractivity contribution in [1.29, 1.82) is 0 Å². The van der Waals surface area contributed by atoms with Gasteiger partial charge in [-0.3, -0.25) is 0 Å². The smallest absolute Gasteiger partial charge is 0.241 e. The van der Waals surface area contributed by atoms with Gasteiger partial charge >= 0.3 is 0 Å². The van der Waals surface area contributed by atoms with Crippen molar-refractivity contribution >= 4 is 21.4 Å². The van der Waals surface area contributed by atoms with Crippen LogP contribution in [0.5, 0.6) is 0 Å². The van der Waals surface area contributed by atoms with Gasteiger partial charge in [-0.1, -0.05) is 53.2 Å². The van der Waals surface area contributed by atoms with Crippen LogP contribution >= 0.6 is 11.3 Å². The zero-order chi connectivity index (χ0) is 19.3. The Morgan fingerprint density at radius 3 is 2.19 bits per heavy atom. The largest absolute Gasteiger partial charge is 0.243 e. The molecule has 4 nitrogen and oxygen atoms in total. The lowest BCUT2D eigenvalue weighted by molar-refractivity contribution is 0.445. The van der Waals surface area contributed by atoms with Gasteiger partial charge in [0.2, 0.25) is 10.0 Å². The number of aromatic nitrogens is 1. The van der Waals surface area contributed by atoms with E-state index in [1.54, 1.807) is 23.5 Å². The van der Waals surface area contributed by atoms with Crippen molar-refractivity contribution in [2.24, 2.45) is 5.92 Å². The number of benzene rings is 1. The fourth-order valence-corrected chi connectivity index (χ4v) is 5.24. The minimum Gasteiger partial charge on any atom is -0.241 e. The van der Waals surface area contributed by atoms with Crippen molar-refractivity contribution in [2.75, 3.05) is 13.1 Å². The first-order valence-electron chi connectivity index (χ1n) is 9.35. The lowest BCUT2D eigenvalue weighted by Crippen LogP contribution is -2.30. The summed E-state index contributed by atoms with van der Waals surface area (Å²) in [6.45, 7) is 11.4. The molecule has 144 valence electrons. The Kier molecular flexibility index (Phi) is 7.38. The second-order valence-corrected chi connectivity index (χ2v) is 9.88. The highest BCUT2D eigenvalue weighted by Gasteiger charge is 2.21. The van der Waals surface area contributed by atoms with Crippen molar-refractivity contribution in [1.82, 2.24) is 9.29 Å². The van der Waals surface area contributed by atoms with E-state index in [2.05, 4.69) is 26.2 Å². The van der Waals surface area contributed by atoms with E-state index in [0.29, 0.717) is 29.8 Å². The van der Waals surface area contributed by atoms with E-state index in [-0.39, 0.29) is 0 Å². The Hall–Kier alpha value is -1.24. The van der Waals surface area contributed by atoms with E-state index in [0.717, 1.165) is 22.7 Å². The Balaban J connectivity index is 2.17. The van der Waals surface area contributed by atoms with Crippen molar-refractivity contribution in [2.45, 2.75) is 58.3 Å². The minimum atomic E-state index is -3.41. The van der Waals surface area contributed by atoms with Crippen LogP contribution in [0, 0.1) is 5.92 Å². The highest BCUT2D eigenvalue weighted by atomic mass is 32.2. The summed E-state index contributed by atoms with van der Waals surface area (Å²) in [6, 6.07) is 7.08. The number of hydrogen-bond acceptors (Lipinski definition) is 4. The van der Waals surface area contributed by atoms with Crippen LogP contribution in [0.15, 0.2) is 34.5 Å². The third-order valence-electron chi connectivity index (χ3n) is 4.61. The van der Waals surface area contributed by atoms with Crippen molar-refractivity contribution in [3.8, 4) is 11.3 Å². The SMILES string of the molecule is CCN(CC)S(=O)(=O)c1ccc(-c2csc(C(C)CCC(C)C)n2)cc1. The average Bonchev–Trinajstić information content (AvgIpc) is 3.10. The molecule has 0 radical (unpaired) electrons. The van der Waals surface area contributed by atoms with Gasteiger partial charge < -0.3 is 0 Å². The summed E-state index contributed by atoms with van der Waals surface area (Å²) in [7, 11) is -3.41. The van der Waals surface area contributed by atoms with Crippen LogP contribution in [0.2, 0.25) is 0 Å². The van der Waals surface area contributed by atoms with Crippen LogP contribution in [-0.2, 0) is 10.0 Å².